The van der Waals surface area contributed by atoms with Gasteiger partial charge in [0.2, 0.25) is 0 Å². The highest BCUT2D eigenvalue weighted by Gasteiger charge is 2.20. The van der Waals surface area contributed by atoms with Gasteiger partial charge in [-0.05, 0) is 150 Å². The molecule has 0 fully saturated rings. The van der Waals surface area contributed by atoms with Crippen molar-refractivity contribution in [2.75, 3.05) is 4.90 Å². The Hall–Kier alpha value is -10.0. The van der Waals surface area contributed by atoms with Gasteiger partial charge in [-0.1, -0.05) is 237 Å². The summed E-state index contributed by atoms with van der Waals surface area (Å²) in [6, 6.07) is 111. The smallest absolute Gasteiger partial charge is 0.0541 e. The summed E-state index contributed by atoms with van der Waals surface area (Å²) in [6.07, 6.45) is 0. The van der Waals surface area contributed by atoms with Crippen LogP contribution in [0.25, 0.3) is 116 Å². The normalized spacial score (nSPS) is 11.4. The zero-order chi connectivity index (χ0) is 50.4. The number of hydrogen-bond donors (Lipinski definition) is 0. The van der Waals surface area contributed by atoms with Crippen molar-refractivity contribution in [3.8, 4) is 72.4 Å². The molecular weight excluding hydrogens is 917 g/mol. The first-order chi connectivity index (χ1) is 37.7. The fourth-order valence-electron chi connectivity index (χ4n) is 11.4. The summed E-state index contributed by atoms with van der Waals surface area (Å²) in [5.41, 5.74) is 21.0. The van der Waals surface area contributed by atoms with Gasteiger partial charge in [0.1, 0.15) is 0 Å². The van der Waals surface area contributed by atoms with E-state index in [0.717, 1.165) is 45.0 Å². The van der Waals surface area contributed by atoms with E-state index in [9.17, 15) is 0 Å². The van der Waals surface area contributed by atoms with Crippen LogP contribution in [-0.2, 0) is 0 Å². The molecule has 0 spiro atoms. The van der Waals surface area contributed by atoms with E-state index in [4.69, 9.17) is 0 Å². The molecule has 2 nitrogen and oxygen atoms in total. The predicted octanol–water partition coefficient (Wildman–Crippen LogP) is 20.6. The van der Waals surface area contributed by atoms with Gasteiger partial charge in [-0.2, -0.15) is 0 Å². The molecule has 1 heterocycles. The van der Waals surface area contributed by atoms with E-state index in [1.807, 2.05) is 0 Å². The maximum Gasteiger partial charge on any atom is 0.0541 e. The van der Waals surface area contributed by atoms with Crippen LogP contribution in [0, 0.1) is 0 Å². The van der Waals surface area contributed by atoms with Crippen LogP contribution < -0.4 is 4.90 Å². The van der Waals surface area contributed by atoms with Crippen molar-refractivity contribution in [1.29, 1.82) is 0 Å². The Balaban J connectivity index is 0.891. The maximum absolute atomic E-state index is 2.46. The highest BCUT2D eigenvalue weighted by Crippen LogP contribution is 2.44. The lowest BCUT2D eigenvalue weighted by atomic mass is 9.93. The first-order valence-electron chi connectivity index (χ1n) is 26.1. The molecule has 14 rings (SSSR count). The molecule has 0 saturated carbocycles. The summed E-state index contributed by atoms with van der Waals surface area (Å²) in [4.78, 5) is 2.42. The van der Waals surface area contributed by atoms with Crippen molar-refractivity contribution in [1.82, 2.24) is 4.57 Å². The molecule has 0 radical (unpaired) electrons. The lowest BCUT2D eigenvalue weighted by molar-refractivity contribution is 1.18. The third-order valence-electron chi connectivity index (χ3n) is 15.2. The van der Waals surface area contributed by atoms with Crippen LogP contribution >= 0.6 is 0 Å². The van der Waals surface area contributed by atoms with Crippen molar-refractivity contribution in [2.45, 2.75) is 0 Å². The molecule has 0 saturated heterocycles. The number of anilines is 3. The van der Waals surface area contributed by atoms with Crippen molar-refractivity contribution >= 4 is 60.4 Å². The fraction of sp³-hybridized carbons (Fsp3) is 0. The molecule has 0 amide bonds. The van der Waals surface area contributed by atoms with Gasteiger partial charge in [0, 0.05) is 33.2 Å². The van der Waals surface area contributed by atoms with Crippen molar-refractivity contribution in [2.24, 2.45) is 0 Å². The molecular formula is C74H50N2. The van der Waals surface area contributed by atoms with Gasteiger partial charge in [-0.25, -0.2) is 0 Å². The van der Waals surface area contributed by atoms with E-state index in [1.54, 1.807) is 0 Å². The quantitative estimate of drug-likeness (QED) is 0.133. The fourth-order valence-corrected chi connectivity index (χ4v) is 11.4. The Bertz CT molecular complexity index is 4330. The second kappa shape index (κ2) is 19.1. The minimum absolute atomic E-state index is 1.10. The van der Waals surface area contributed by atoms with Crippen LogP contribution in [0.3, 0.4) is 0 Å². The van der Waals surface area contributed by atoms with Gasteiger partial charge >= 0.3 is 0 Å². The van der Waals surface area contributed by atoms with Gasteiger partial charge in [0.15, 0.2) is 0 Å². The highest BCUT2D eigenvalue weighted by molar-refractivity contribution is 6.11. The summed E-state index contributed by atoms with van der Waals surface area (Å²) in [6.45, 7) is 0. The van der Waals surface area contributed by atoms with Gasteiger partial charge < -0.3 is 9.47 Å². The summed E-state index contributed by atoms with van der Waals surface area (Å²) in [5.74, 6) is 0. The van der Waals surface area contributed by atoms with Gasteiger partial charge in [0.05, 0.1) is 16.7 Å². The molecule has 0 aliphatic carbocycles. The van der Waals surface area contributed by atoms with Gasteiger partial charge in [0.25, 0.3) is 0 Å². The average Bonchev–Trinajstić information content (AvgIpc) is 3.86. The Morgan fingerprint density at radius 1 is 0.224 bits per heavy atom. The highest BCUT2D eigenvalue weighted by atomic mass is 15.1. The third-order valence-corrected chi connectivity index (χ3v) is 15.2. The van der Waals surface area contributed by atoms with Crippen LogP contribution in [0.2, 0.25) is 0 Å². The molecule has 76 heavy (non-hydrogen) atoms. The Labute approximate surface area is 443 Å². The third kappa shape index (κ3) is 8.19. The maximum atomic E-state index is 2.46. The molecule has 14 aromatic rings. The summed E-state index contributed by atoms with van der Waals surface area (Å²) < 4.78 is 2.46. The van der Waals surface area contributed by atoms with E-state index in [-0.39, 0.29) is 0 Å². The van der Waals surface area contributed by atoms with Crippen LogP contribution in [0.5, 0.6) is 0 Å². The van der Waals surface area contributed by atoms with Crippen LogP contribution in [0.4, 0.5) is 17.1 Å². The minimum Gasteiger partial charge on any atom is -0.310 e. The van der Waals surface area contributed by atoms with Crippen LogP contribution in [0.1, 0.15) is 0 Å². The lowest BCUT2D eigenvalue weighted by Gasteiger charge is -2.28. The monoisotopic (exact) mass is 966 g/mol. The Morgan fingerprint density at radius 3 is 1.36 bits per heavy atom. The number of hydrogen-bond acceptors (Lipinski definition) is 1. The average molecular weight is 967 g/mol. The van der Waals surface area contributed by atoms with Crippen LogP contribution in [-0.4, -0.2) is 4.57 Å². The number of rotatable bonds is 10. The minimum atomic E-state index is 1.10. The van der Waals surface area contributed by atoms with Crippen molar-refractivity contribution in [3.63, 3.8) is 0 Å². The van der Waals surface area contributed by atoms with E-state index >= 15 is 0 Å². The number of nitrogens with zero attached hydrogens (tertiary/aromatic N) is 2. The summed E-state index contributed by atoms with van der Waals surface area (Å²) >= 11 is 0. The largest absolute Gasteiger partial charge is 0.310 e. The van der Waals surface area contributed by atoms with Gasteiger partial charge in [-0.3, -0.25) is 0 Å². The molecule has 13 aromatic carbocycles. The van der Waals surface area contributed by atoms with E-state index in [1.165, 1.54) is 87.9 Å². The molecule has 1 aromatic heterocycles. The van der Waals surface area contributed by atoms with Crippen molar-refractivity contribution < 1.29 is 0 Å². The standard InChI is InChI=1S/C74H50N2/c1-3-17-51(18-4-1)54-33-37-56(38-34-54)62-45-63(57-39-35-55(36-40-57)52-19-5-2-6-20-52)49-66(48-62)76-73-31-14-13-30-70(73)71-50-61(42-44-74(71)76)68-28-12-11-27-67(68)60-25-15-26-64(47-60)75(65-43-41-53-21-7-8-23-59(53)46-65)72-32-16-24-58-22-9-10-29-69(58)72/h1-50H. The molecule has 0 bridgehead atoms. The first kappa shape index (κ1) is 44.7. The zero-order valence-electron chi connectivity index (χ0n) is 41.8. The predicted molar refractivity (Wildman–Crippen MR) is 323 cm³/mol. The molecule has 2 heteroatoms. The van der Waals surface area contributed by atoms with Gasteiger partial charge in [-0.15, -0.1) is 0 Å². The van der Waals surface area contributed by atoms with E-state index in [2.05, 4.69) is 313 Å². The second-order valence-electron chi connectivity index (χ2n) is 19.7. The molecule has 0 unspecified atom stereocenters. The zero-order valence-corrected chi connectivity index (χ0v) is 41.8. The molecule has 0 atom stereocenters. The SMILES string of the molecule is c1ccc(-c2ccc(-c3cc(-c4ccc(-c5ccccc5)cc4)cc(-n4c5ccccc5c5cc(-c6ccccc6-c6cccc(N(c7ccc8ccccc8c7)c7cccc8ccccc78)c6)ccc54)c3)cc2)cc1. The Kier molecular flexibility index (Phi) is 11.2. The first-order valence-corrected chi connectivity index (χ1v) is 26.1. The molecule has 0 aliphatic heterocycles. The van der Waals surface area contributed by atoms with E-state index < -0.39 is 0 Å². The summed E-state index contributed by atoms with van der Waals surface area (Å²) in [7, 11) is 0. The number of aromatic nitrogens is 1. The molecule has 0 N–H and O–H groups in total. The number of benzene rings is 13. The summed E-state index contributed by atoms with van der Waals surface area (Å²) in [5, 5.41) is 7.27. The van der Waals surface area contributed by atoms with E-state index in [0.29, 0.717) is 0 Å². The number of fused-ring (bicyclic) bond motifs is 5. The molecule has 0 aliphatic rings. The van der Waals surface area contributed by atoms with Crippen LogP contribution in [0.15, 0.2) is 303 Å². The molecule has 356 valence electrons. The second-order valence-corrected chi connectivity index (χ2v) is 19.7. The van der Waals surface area contributed by atoms with Crippen molar-refractivity contribution in [3.05, 3.63) is 303 Å². The Morgan fingerprint density at radius 2 is 0.684 bits per heavy atom. The topological polar surface area (TPSA) is 8.17 Å². The number of para-hydroxylation sites is 1. The lowest BCUT2D eigenvalue weighted by Crippen LogP contribution is -2.10.